The first-order chi connectivity index (χ1) is 14.9. The van der Waals surface area contributed by atoms with Gasteiger partial charge in [-0.15, -0.1) is 0 Å². The summed E-state index contributed by atoms with van der Waals surface area (Å²) in [5.74, 6) is 0.911. The zero-order valence-corrected chi connectivity index (χ0v) is 19.6. The van der Waals surface area contributed by atoms with Crippen molar-refractivity contribution >= 4 is 11.1 Å². The number of likely N-dealkylation sites (N-methyl/N-ethyl adjacent to an activating group) is 1. The van der Waals surface area contributed by atoms with Gasteiger partial charge in [0.1, 0.15) is 12.4 Å². The lowest BCUT2D eigenvalue weighted by molar-refractivity contribution is 0.261. The molecule has 3 rings (SSSR count). The number of ether oxygens (including phenoxy) is 1. The highest BCUT2D eigenvalue weighted by atomic mass is 16.5. The van der Waals surface area contributed by atoms with Crippen LogP contribution < -0.4 is 4.74 Å². The second-order valence-corrected chi connectivity index (χ2v) is 8.90. The predicted molar refractivity (Wildman–Crippen MR) is 133 cm³/mol. The molecule has 2 heteroatoms. The summed E-state index contributed by atoms with van der Waals surface area (Å²) in [6.45, 7) is 8.55. The summed E-state index contributed by atoms with van der Waals surface area (Å²) in [5, 5.41) is 0. The second-order valence-electron chi connectivity index (χ2n) is 8.90. The fraction of sp³-hybridized carbons (Fsp3) is 0.310. The summed E-state index contributed by atoms with van der Waals surface area (Å²) < 4.78 is 5.93. The van der Waals surface area contributed by atoms with E-state index in [9.17, 15) is 0 Å². The molecule has 0 bridgehead atoms. The SMILES string of the molecule is CCC(C)(C)/C(=C(\c1ccccc1)c1ccc(OCCN(C)C)cc1)c1ccccc1. The summed E-state index contributed by atoms with van der Waals surface area (Å²) in [5.41, 5.74) is 6.42. The minimum absolute atomic E-state index is 0.0212. The molecule has 0 aliphatic heterocycles. The van der Waals surface area contributed by atoms with Crippen LogP contribution in [-0.2, 0) is 0 Å². The van der Waals surface area contributed by atoms with Gasteiger partial charge in [-0.2, -0.15) is 0 Å². The average Bonchev–Trinajstić information content (AvgIpc) is 2.79. The zero-order valence-electron chi connectivity index (χ0n) is 19.6. The van der Waals surface area contributed by atoms with E-state index >= 15 is 0 Å². The predicted octanol–water partition coefficient (Wildman–Crippen LogP) is 7.02. The van der Waals surface area contributed by atoms with Crippen LogP contribution in [0, 0.1) is 5.41 Å². The van der Waals surface area contributed by atoms with Gasteiger partial charge in [-0.05, 0) is 65.9 Å². The standard InChI is InChI=1S/C29H35NO/c1-6-29(2,3)28(25-15-11-8-12-16-25)27(23-13-9-7-10-14-23)24-17-19-26(20-18-24)31-22-21-30(4)5/h7-20H,6,21-22H2,1-5H3/b28-27+. The molecular weight excluding hydrogens is 378 g/mol. The van der Waals surface area contributed by atoms with Crippen LogP contribution in [0.3, 0.4) is 0 Å². The van der Waals surface area contributed by atoms with Crippen molar-refractivity contribution in [2.24, 2.45) is 5.41 Å². The molecule has 3 aromatic carbocycles. The van der Waals surface area contributed by atoms with E-state index in [-0.39, 0.29) is 5.41 Å². The number of rotatable bonds is 9. The summed E-state index contributed by atoms with van der Waals surface area (Å²) in [7, 11) is 4.12. The fourth-order valence-corrected chi connectivity index (χ4v) is 3.78. The van der Waals surface area contributed by atoms with Gasteiger partial charge in [0.05, 0.1) is 0 Å². The van der Waals surface area contributed by atoms with Gasteiger partial charge >= 0.3 is 0 Å². The van der Waals surface area contributed by atoms with E-state index in [1.54, 1.807) is 0 Å². The number of nitrogens with zero attached hydrogens (tertiary/aromatic N) is 1. The summed E-state index contributed by atoms with van der Waals surface area (Å²) >= 11 is 0. The largest absolute Gasteiger partial charge is 0.492 e. The van der Waals surface area contributed by atoms with Gasteiger partial charge in [-0.1, -0.05) is 93.6 Å². The Morgan fingerprint density at radius 2 is 1.26 bits per heavy atom. The summed E-state index contributed by atoms with van der Waals surface area (Å²) in [6.07, 6.45) is 1.05. The maximum absolute atomic E-state index is 5.93. The van der Waals surface area contributed by atoms with Crippen LogP contribution in [0.4, 0.5) is 0 Å². The van der Waals surface area contributed by atoms with E-state index in [0.29, 0.717) is 6.61 Å². The quantitative estimate of drug-likeness (QED) is 0.349. The number of hydrogen-bond acceptors (Lipinski definition) is 2. The maximum atomic E-state index is 5.93. The Hall–Kier alpha value is -2.84. The Labute approximate surface area is 188 Å². The first-order valence-electron chi connectivity index (χ1n) is 11.2. The molecule has 2 nitrogen and oxygen atoms in total. The normalized spacial score (nSPS) is 12.6. The highest BCUT2D eigenvalue weighted by molar-refractivity contribution is 6.00. The second kappa shape index (κ2) is 10.5. The van der Waals surface area contributed by atoms with E-state index in [1.807, 2.05) is 0 Å². The van der Waals surface area contributed by atoms with Crippen LogP contribution in [0.15, 0.2) is 84.9 Å². The van der Waals surface area contributed by atoms with Crippen molar-refractivity contribution in [2.45, 2.75) is 27.2 Å². The zero-order chi connectivity index (χ0) is 22.3. The molecule has 0 aliphatic carbocycles. The average molecular weight is 414 g/mol. The molecule has 31 heavy (non-hydrogen) atoms. The third-order valence-corrected chi connectivity index (χ3v) is 5.89. The van der Waals surface area contributed by atoms with Crippen LogP contribution in [0.1, 0.15) is 43.9 Å². The van der Waals surface area contributed by atoms with Crippen molar-refractivity contribution in [3.8, 4) is 5.75 Å². The Bertz CT molecular complexity index is 970. The van der Waals surface area contributed by atoms with Crippen molar-refractivity contribution in [3.05, 3.63) is 102 Å². The number of hydrogen-bond donors (Lipinski definition) is 0. The highest BCUT2D eigenvalue weighted by Crippen LogP contribution is 2.45. The van der Waals surface area contributed by atoms with Gasteiger partial charge < -0.3 is 9.64 Å². The van der Waals surface area contributed by atoms with Gasteiger partial charge in [0.2, 0.25) is 0 Å². The summed E-state index contributed by atoms with van der Waals surface area (Å²) in [4.78, 5) is 2.13. The number of allylic oxidation sites excluding steroid dienone is 1. The monoisotopic (exact) mass is 413 g/mol. The van der Waals surface area contributed by atoms with E-state index in [4.69, 9.17) is 4.74 Å². The molecule has 0 fully saturated rings. The maximum Gasteiger partial charge on any atom is 0.119 e. The minimum Gasteiger partial charge on any atom is -0.492 e. The first kappa shape index (κ1) is 22.8. The molecule has 3 aromatic rings. The number of benzene rings is 3. The van der Waals surface area contributed by atoms with Crippen LogP contribution in [0.2, 0.25) is 0 Å². The third-order valence-electron chi connectivity index (χ3n) is 5.89. The van der Waals surface area contributed by atoms with Crippen LogP contribution >= 0.6 is 0 Å². The fourth-order valence-electron chi connectivity index (χ4n) is 3.78. The van der Waals surface area contributed by atoms with Crippen molar-refractivity contribution in [3.63, 3.8) is 0 Å². The molecule has 0 saturated carbocycles. The Kier molecular flexibility index (Phi) is 7.70. The first-order valence-corrected chi connectivity index (χ1v) is 11.2. The lowest BCUT2D eigenvalue weighted by atomic mass is 9.73. The molecule has 0 aliphatic rings. The van der Waals surface area contributed by atoms with Crippen LogP contribution in [0.5, 0.6) is 5.75 Å². The molecule has 0 radical (unpaired) electrons. The molecule has 0 spiro atoms. The molecular formula is C29H35NO. The van der Waals surface area contributed by atoms with Crippen molar-refractivity contribution < 1.29 is 4.74 Å². The van der Waals surface area contributed by atoms with E-state index in [1.165, 1.54) is 27.8 Å². The molecule has 0 atom stereocenters. The minimum atomic E-state index is 0.0212. The van der Waals surface area contributed by atoms with E-state index < -0.39 is 0 Å². The highest BCUT2D eigenvalue weighted by Gasteiger charge is 2.27. The Balaban J connectivity index is 2.14. The molecule has 0 amide bonds. The smallest absolute Gasteiger partial charge is 0.119 e. The van der Waals surface area contributed by atoms with Gasteiger partial charge in [0, 0.05) is 6.54 Å². The topological polar surface area (TPSA) is 12.5 Å². The van der Waals surface area contributed by atoms with Gasteiger partial charge in [-0.3, -0.25) is 0 Å². The molecule has 0 unspecified atom stereocenters. The van der Waals surface area contributed by atoms with Crippen LogP contribution in [0.25, 0.3) is 11.1 Å². The molecule has 0 aromatic heterocycles. The van der Waals surface area contributed by atoms with Gasteiger partial charge in [0.15, 0.2) is 0 Å². The molecule has 0 saturated heterocycles. The molecule has 0 N–H and O–H groups in total. The van der Waals surface area contributed by atoms with Crippen molar-refractivity contribution in [1.82, 2.24) is 4.90 Å². The Morgan fingerprint density at radius 3 is 1.77 bits per heavy atom. The lowest BCUT2D eigenvalue weighted by Crippen LogP contribution is -2.19. The molecule has 162 valence electrons. The lowest BCUT2D eigenvalue weighted by Gasteiger charge is -2.31. The van der Waals surface area contributed by atoms with Crippen molar-refractivity contribution in [2.75, 3.05) is 27.2 Å². The van der Waals surface area contributed by atoms with Gasteiger partial charge in [0.25, 0.3) is 0 Å². The molecule has 0 heterocycles. The van der Waals surface area contributed by atoms with Crippen LogP contribution in [-0.4, -0.2) is 32.1 Å². The Morgan fingerprint density at radius 1 is 0.742 bits per heavy atom. The van der Waals surface area contributed by atoms with E-state index in [0.717, 1.165) is 18.7 Å². The summed E-state index contributed by atoms with van der Waals surface area (Å²) in [6, 6.07) is 30.1. The van der Waals surface area contributed by atoms with E-state index in [2.05, 4.69) is 125 Å². The van der Waals surface area contributed by atoms with Gasteiger partial charge in [-0.25, -0.2) is 0 Å². The van der Waals surface area contributed by atoms with Crippen molar-refractivity contribution in [1.29, 1.82) is 0 Å². The third kappa shape index (κ3) is 5.86.